The van der Waals surface area contributed by atoms with Crippen molar-refractivity contribution in [3.63, 3.8) is 0 Å². The summed E-state index contributed by atoms with van der Waals surface area (Å²) in [4.78, 5) is 46.0. The van der Waals surface area contributed by atoms with Crippen LogP contribution in [0.25, 0.3) is 0 Å². The number of carbonyl (C=O) groups excluding carboxylic acids is 3. The van der Waals surface area contributed by atoms with Crippen LogP contribution in [0, 0.1) is 0 Å². The van der Waals surface area contributed by atoms with Crippen LogP contribution in [-0.4, -0.2) is 109 Å². The Morgan fingerprint density at radius 1 is 0.784 bits per heavy atom. The van der Waals surface area contributed by atoms with Gasteiger partial charge in [0.05, 0.1) is 13.2 Å². The van der Waals surface area contributed by atoms with Crippen molar-refractivity contribution >= 4 is 23.5 Å². The van der Waals surface area contributed by atoms with Crippen LogP contribution >= 0.6 is 0 Å². The van der Waals surface area contributed by atoms with Crippen molar-refractivity contribution < 1.29 is 19.1 Å². The number of ether oxygens (including phenoxy) is 1. The molecule has 4 heterocycles. The van der Waals surface area contributed by atoms with E-state index in [-0.39, 0.29) is 23.9 Å². The molecule has 3 aliphatic rings. The molecule has 0 bridgehead atoms. The van der Waals surface area contributed by atoms with Gasteiger partial charge >= 0.3 is 6.03 Å². The number of nitrogens with one attached hydrogen (secondary N) is 1. The zero-order chi connectivity index (χ0) is 25.8. The second kappa shape index (κ2) is 11.2. The first-order chi connectivity index (χ1) is 18.0. The predicted octanol–water partition coefficient (Wildman–Crippen LogP) is 1.63. The van der Waals surface area contributed by atoms with Crippen molar-refractivity contribution in [2.45, 2.75) is 18.9 Å². The number of piperazine rings is 1. The van der Waals surface area contributed by atoms with Gasteiger partial charge in [-0.2, -0.15) is 0 Å². The molecule has 37 heavy (non-hydrogen) atoms. The zero-order valence-corrected chi connectivity index (χ0v) is 21.5. The Labute approximate surface area is 217 Å². The first-order valence-corrected chi connectivity index (χ1v) is 13.2. The molecule has 3 aliphatic heterocycles. The fourth-order valence-corrected chi connectivity index (χ4v) is 5.27. The van der Waals surface area contributed by atoms with Gasteiger partial charge in [0.25, 0.3) is 11.8 Å². The van der Waals surface area contributed by atoms with Crippen LogP contribution in [-0.2, 0) is 11.8 Å². The molecule has 10 nitrogen and oxygen atoms in total. The highest BCUT2D eigenvalue weighted by Gasteiger charge is 2.28. The number of aromatic nitrogens is 1. The average Bonchev–Trinajstić information content (AvgIpc) is 3.39. The number of aryl methyl sites for hydroxylation is 1. The van der Waals surface area contributed by atoms with Crippen molar-refractivity contribution in [2.75, 3.05) is 70.5 Å². The van der Waals surface area contributed by atoms with Crippen LogP contribution in [0.3, 0.4) is 0 Å². The van der Waals surface area contributed by atoms with E-state index >= 15 is 0 Å². The van der Waals surface area contributed by atoms with E-state index in [4.69, 9.17) is 4.74 Å². The smallest absolute Gasteiger partial charge is 0.317 e. The summed E-state index contributed by atoms with van der Waals surface area (Å²) in [6.07, 6.45) is 3.60. The third-order valence-corrected chi connectivity index (χ3v) is 7.62. The summed E-state index contributed by atoms with van der Waals surface area (Å²) in [5.41, 5.74) is 2.48. The number of carbonyl (C=O) groups is 3. The fraction of sp³-hybridized carbons (Fsp3) is 0.519. The number of hydrogen-bond acceptors (Lipinski definition) is 5. The largest absolute Gasteiger partial charge is 0.378 e. The molecule has 198 valence electrons. The molecule has 1 aromatic heterocycles. The number of nitrogens with zero attached hydrogens (tertiary/aromatic N) is 5. The van der Waals surface area contributed by atoms with E-state index < -0.39 is 0 Å². The molecule has 3 fully saturated rings. The third kappa shape index (κ3) is 5.74. The third-order valence-electron chi connectivity index (χ3n) is 7.62. The van der Waals surface area contributed by atoms with Crippen LogP contribution in [0.4, 0.5) is 10.5 Å². The van der Waals surface area contributed by atoms with Crippen LogP contribution < -0.4 is 10.2 Å². The number of amides is 4. The molecule has 1 aromatic carbocycles. The molecule has 0 saturated carbocycles. The predicted molar refractivity (Wildman–Crippen MR) is 140 cm³/mol. The van der Waals surface area contributed by atoms with Gasteiger partial charge in [-0.3, -0.25) is 9.59 Å². The molecule has 2 aromatic rings. The number of hydrogen-bond donors (Lipinski definition) is 1. The molecular weight excluding hydrogens is 472 g/mol. The minimum absolute atomic E-state index is 0.0124. The van der Waals surface area contributed by atoms with Crippen LogP contribution in [0.15, 0.2) is 42.6 Å². The van der Waals surface area contributed by atoms with E-state index in [1.165, 1.54) is 0 Å². The molecule has 0 atom stereocenters. The van der Waals surface area contributed by atoms with Crippen LogP contribution in [0.1, 0.15) is 33.7 Å². The number of urea groups is 1. The highest BCUT2D eigenvalue weighted by molar-refractivity contribution is 5.94. The number of benzene rings is 1. The maximum Gasteiger partial charge on any atom is 0.317 e. The molecule has 0 unspecified atom stereocenters. The lowest BCUT2D eigenvalue weighted by molar-refractivity contribution is 0.0303. The minimum Gasteiger partial charge on any atom is -0.378 e. The number of rotatable bonds is 4. The summed E-state index contributed by atoms with van der Waals surface area (Å²) in [6.45, 7) is 6.33. The standard InChI is InChI=1S/C27H36N6O4/c1-29-10-2-3-24(29)26(35)31-13-15-33(16-14-31)27(36)28-22-8-11-30(12-9-22)23-6-4-21(5-7-23)25(34)32-17-19-37-20-18-32/h2-7,10,22H,8-9,11-20H2,1H3,(H,28,36). The van der Waals surface area contributed by atoms with Crippen LogP contribution in [0.2, 0.25) is 0 Å². The van der Waals surface area contributed by atoms with Crippen molar-refractivity contribution in [3.8, 4) is 0 Å². The lowest BCUT2D eigenvalue weighted by Gasteiger charge is -2.37. The zero-order valence-electron chi connectivity index (χ0n) is 21.5. The normalized spacial score (nSPS) is 19.2. The summed E-state index contributed by atoms with van der Waals surface area (Å²) in [6, 6.07) is 11.6. The topological polar surface area (TPSA) is 90.4 Å². The van der Waals surface area contributed by atoms with Gasteiger partial charge in [0, 0.05) is 82.9 Å². The quantitative estimate of drug-likeness (QED) is 0.678. The second-order valence-corrected chi connectivity index (χ2v) is 9.95. The van der Waals surface area contributed by atoms with Crippen molar-refractivity contribution in [3.05, 3.63) is 53.9 Å². The Morgan fingerprint density at radius 3 is 2.03 bits per heavy atom. The summed E-state index contributed by atoms with van der Waals surface area (Å²) < 4.78 is 7.16. The molecule has 3 saturated heterocycles. The summed E-state index contributed by atoms with van der Waals surface area (Å²) in [5.74, 6) is 0.0693. The Balaban J connectivity index is 1.05. The lowest BCUT2D eigenvalue weighted by Crippen LogP contribution is -2.55. The van der Waals surface area contributed by atoms with E-state index in [1.807, 2.05) is 68.9 Å². The van der Waals surface area contributed by atoms with Gasteiger partial charge in [0.15, 0.2) is 0 Å². The first kappa shape index (κ1) is 25.1. The molecule has 0 radical (unpaired) electrons. The average molecular weight is 509 g/mol. The molecule has 10 heteroatoms. The molecular formula is C27H36N6O4. The highest BCUT2D eigenvalue weighted by Crippen LogP contribution is 2.22. The van der Waals surface area contributed by atoms with Crippen molar-refractivity contribution in [2.24, 2.45) is 7.05 Å². The van der Waals surface area contributed by atoms with Gasteiger partial charge in [-0.15, -0.1) is 0 Å². The lowest BCUT2D eigenvalue weighted by atomic mass is 10.0. The van der Waals surface area contributed by atoms with E-state index in [9.17, 15) is 14.4 Å². The molecule has 5 rings (SSSR count). The van der Waals surface area contributed by atoms with Gasteiger partial charge in [-0.1, -0.05) is 0 Å². The number of anilines is 1. The summed E-state index contributed by atoms with van der Waals surface area (Å²) in [7, 11) is 1.87. The molecule has 0 spiro atoms. The van der Waals surface area contributed by atoms with Gasteiger partial charge in [0.2, 0.25) is 0 Å². The number of morpholine rings is 1. The monoisotopic (exact) mass is 508 g/mol. The van der Waals surface area contributed by atoms with E-state index in [1.54, 1.807) is 0 Å². The fourth-order valence-electron chi connectivity index (χ4n) is 5.27. The Hall–Kier alpha value is -3.53. The maximum absolute atomic E-state index is 12.9. The van der Waals surface area contributed by atoms with Gasteiger partial charge in [-0.05, 0) is 49.2 Å². The Kier molecular flexibility index (Phi) is 7.64. The van der Waals surface area contributed by atoms with Gasteiger partial charge < -0.3 is 34.2 Å². The second-order valence-electron chi connectivity index (χ2n) is 9.95. The Bertz CT molecular complexity index is 1090. The van der Waals surface area contributed by atoms with Crippen LogP contribution in [0.5, 0.6) is 0 Å². The van der Waals surface area contributed by atoms with Gasteiger partial charge in [0.1, 0.15) is 5.69 Å². The van der Waals surface area contributed by atoms with E-state index in [0.717, 1.165) is 31.6 Å². The Morgan fingerprint density at radius 2 is 1.41 bits per heavy atom. The SMILES string of the molecule is Cn1cccc1C(=O)N1CCN(C(=O)NC2CCN(c3ccc(C(=O)N4CCOCC4)cc3)CC2)CC1. The van der Waals surface area contributed by atoms with E-state index in [0.29, 0.717) is 63.7 Å². The maximum atomic E-state index is 12.9. The molecule has 0 aliphatic carbocycles. The van der Waals surface area contributed by atoms with Gasteiger partial charge in [-0.25, -0.2) is 4.79 Å². The molecule has 1 N–H and O–H groups in total. The highest BCUT2D eigenvalue weighted by atomic mass is 16.5. The first-order valence-electron chi connectivity index (χ1n) is 13.2. The van der Waals surface area contributed by atoms with E-state index in [2.05, 4.69) is 10.2 Å². The molecule has 4 amide bonds. The van der Waals surface area contributed by atoms with Crippen molar-refractivity contribution in [1.29, 1.82) is 0 Å². The minimum atomic E-state index is -0.0459. The number of piperidine rings is 1. The van der Waals surface area contributed by atoms with Crippen molar-refractivity contribution in [1.82, 2.24) is 24.6 Å². The summed E-state index contributed by atoms with van der Waals surface area (Å²) >= 11 is 0. The summed E-state index contributed by atoms with van der Waals surface area (Å²) in [5, 5.41) is 3.19.